The summed E-state index contributed by atoms with van der Waals surface area (Å²) in [5.41, 5.74) is 4.61. The van der Waals surface area contributed by atoms with Crippen molar-refractivity contribution in [2.75, 3.05) is 11.9 Å². The smallest absolute Gasteiger partial charge is 0.240 e. The molecule has 0 unspecified atom stereocenters. The minimum atomic E-state index is -0.378. The molecule has 9 heteroatoms. The Balaban J connectivity index is 1.45. The van der Waals surface area contributed by atoms with E-state index in [-0.39, 0.29) is 31.3 Å². The predicted molar refractivity (Wildman–Crippen MR) is 138 cm³/mol. The third-order valence-electron chi connectivity index (χ3n) is 4.72. The van der Waals surface area contributed by atoms with Gasteiger partial charge < -0.3 is 14.8 Å². The topological polar surface area (TPSA) is 89.0 Å². The van der Waals surface area contributed by atoms with E-state index >= 15 is 0 Å². The molecule has 7 nitrogen and oxygen atoms in total. The average Bonchev–Trinajstić information content (AvgIpc) is 2.85. The Morgan fingerprint density at radius 3 is 2.40 bits per heavy atom. The Hall–Kier alpha value is -3.55. The number of benzene rings is 3. The fourth-order valence-corrected chi connectivity index (χ4v) is 3.31. The van der Waals surface area contributed by atoms with Crippen molar-refractivity contribution in [3.8, 4) is 11.5 Å². The maximum atomic E-state index is 12.1. The van der Waals surface area contributed by atoms with E-state index in [4.69, 9.17) is 32.7 Å². The molecule has 0 radical (unpaired) electrons. The standard InChI is InChI=1S/C26H25Cl2N3O4/c1-2-34-21-10-8-20(9-11-21)30-25(32)13-14-26(33)31-29-16-19-5-3-4-6-24(19)35-17-18-7-12-22(27)23(28)15-18/h3-12,15-16H,2,13-14,17H2,1H3,(H,30,32)(H,31,33). The van der Waals surface area contributed by atoms with Gasteiger partial charge in [-0.15, -0.1) is 0 Å². The molecule has 2 amide bonds. The van der Waals surface area contributed by atoms with Crippen LogP contribution in [0, 0.1) is 0 Å². The Morgan fingerprint density at radius 2 is 1.66 bits per heavy atom. The van der Waals surface area contributed by atoms with Crippen LogP contribution in [-0.4, -0.2) is 24.6 Å². The maximum Gasteiger partial charge on any atom is 0.240 e. The summed E-state index contributed by atoms with van der Waals surface area (Å²) < 4.78 is 11.2. The number of carbonyl (C=O) groups excluding carboxylic acids is 2. The first-order chi connectivity index (χ1) is 16.9. The molecule has 0 aromatic heterocycles. The SMILES string of the molecule is CCOc1ccc(NC(=O)CCC(=O)NN=Cc2ccccc2OCc2ccc(Cl)c(Cl)c2)cc1. The predicted octanol–water partition coefficient (Wildman–Crippen LogP) is 5.84. The molecule has 0 aliphatic rings. The van der Waals surface area contributed by atoms with Gasteiger partial charge in [-0.1, -0.05) is 41.4 Å². The van der Waals surface area contributed by atoms with E-state index in [1.54, 1.807) is 42.5 Å². The lowest BCUT2D eigenvalue weighted by Crippen LogP contribution is -2.20. The van der Waals surface area contributed by atoms with Crippen molar-refractivity contribution >= 4 is 46.9 Å². The quantitative estimate of drug-likeness (QED) is 0.249. The molecule has 0 saturated heterocycles. The monoisotopic (exact) mass is 513 g/mol. The highest BCUT2D eigenvalue weighted by Crippen LogP contribution is 2.24. The minimum Gasteiger partial charge on any atom is -0.494 e. The van der Waals surface area contributed by atoms with E-state index in [0.29, 0.717) is 33.7 Å². The highest BCUT2D eigenvalue weighted by Gasteiger charge is 2.08. The van der Waals surface area contributed by atoms with E-state index in [0.717, 1.165) is 11.3 Å². The number of rotatable bonds is 11. The molecule has 0 aliphatic carbocycles. The molecule has 0 spiro atoms. The zero-order chi connectivity index (χ0) is 25.0. The summed E-state index contributed by atoms with van der Waals surface area (Å²) in [6.45, 7) is 2.76. The Labute approximate surface area is 214 Å². The molecule has 0 aliphatic heterocycles. The first kappa shape index (κ1) is 26.1. The van der Waals surface area contributed by atoms with Crippen LogP contribution in [0.4, 0.5) is 5.69 Å². The lowest BCUT2D eigenvalue weighted by molar-refractivity contribution is -0.124. The van der Waals surface area contributed by atoms with Crippen LogP contribution in [0.3, 0.4) is 0 Å². The Bertz CT molecular complexity index is 1180. The van der Waals surface area contributed by atoms with Gasteiger partial charge in [0.15, 0.2) is 0 Å². The molecule has 3 rings (SSSR count). The summed E-state index contributed by atoms with van der Waals surface area (Å²) in [6.07, 6.45) is 1.51. The first-order valence-electron chi connectivity index (χ1n) is 10.9. The zero-order valence-electron chi connectivity index (χ0n) is 19.1. The zero-order valence-corrected chi connectivity index (χ0v) is 20.6. The van der Waals surface area contributed by atoms with E-state index in [1.807, 2.05) is 31.2 Å². The van der Waals surface area contributed by atoms with Crippen LogP contribution in [-0.2, 0) is 16.2 Å². The number of halogens is 2. The van der Waals surface area contributed by atoms with Gasteiger partial charge in [-0.25, -0.2) is 5.43 Å². The number of nitrogens with one attached hydrogen (secondary N) is 2. The van der Waals surface area contributed by atoms with E-state index < -0.39 is 0 Å². The molecule has 0 atom stereocenters. The van der Waals surface area contributed by atoms with Gasteiger partial charge in [0.1, 0.15) is 18.1 Å². The lowest BCUT2D eigenvalue weighted by atomic mass is 10.2. The third-order valence-corrected chi connectivity index (χ3v) is 5.46. The Morgan fingerprint density at radius 1 is 0.914 bits per heavy atom. The van der Waals surface area contributed by atoms with Gasteiger partial charge in [-0.2, -0.15) is 5.10 Å². The first-order valence-corrected chi connectivity index (χ1v) is 11.7. The van der Waals surface area contributed by atoms with Crippen molar-refractivity contribution in [3.63, 3.8) is 0 Å². The van der Waals surface area contributed by atoms with Crippen molar-refractivity contribution in [2.24, 2.45) is 5.10 Å². The largest absolute Gasteiger partial charge is 0.494 e. The number of hydrazone groups is 1. The molecule has 0 bridgehead atoms. The second kappa shape index (κ2) is 13.4. The highest BCUT2D eigenvalue weighted by molar-refractivity contribution is 6.42. The van der Waals surface area contributed by atoms with Crippen LogP contribution in [0.2, 0.25) is 10.0 Å². The number of para-hydroxylation sites is 1. The van der Waals surface area contributed by atoms with Gasteiger partial charge in [-0.05, 0) is 61.0 Å². The van der Waals surface area contributed by atoms with Crippen LogP contribution in [0.25, 0.3) is 0 Å². The molecule has 35 heavy (non-hydrogen) atoms. The maximum absolute atomic E-state index is 12.1. The van der Waals surface area contributed by atoms with Gasteiger partial charge in [0.25, 0.3) is 0 Å². The lowest BCUT2D eigenvalue weighted by Gasteiger charge is -2.09. The van der Waals surface area contributed by atoms with Crippen LogP contribution >= 0.6 is 23.2 Å². The summed E-state index contributed by atoms with van der Waals surface area (Å²) >= 11 is 12.0. The normalized spacial score (nSPS) is 10.7. The number of hydrogen-bond donors (Lipinski definition) is 2. The fraction of sp³-hybridized carbons (Fsp3) is 0.192. The number of ether oxygens (including phenoxy) is 2. The van der Waals surface area contributed by atoms with Gasteiger partial charge >= 0.3 is 0 Å². The van der Waals surface area contributed by atoms with E-state index in [2.05, 4.69) is 15.8 Å². The molecule has 3 aromatic rings. The molecular weight excluding hydrogens is 489 g/mol. The van der Waals surface area contributed by atoms with Crippen molar-refractivity contribution in [1.82, 2.24) is 5.43 Å². The summed E-state index contributed by atoms with van der Waals surface area (Å²) in [4.78, 5) is 24.2. The fourth-order valence-electron chi connectivity index (χ4n) is 2.99. The summed E-state index contributed by atoms with van der Waals surface area (Å²) in [6, 6.07) is 19.6. The molecule has 182 valence electrons. The molecule has 0 heterocycles. The van der Waals surface area contributed by atoms with Crippen molar-refractivity contribution in [3.05, 3.63) is 87.9 Å². The van der Waals surface area contributed by atoms with Crippen LogP contribution in [0.15, 0.2) is 71.8 Å². The minimum absolute atomic E-state index is 0.00429. The van der Waals surface area contributed by atoms with Gasteiger partial charge in [0, 0.05) is 24.1 Å². The molecular formula is C26H25Cl2N3O4. The van der Waals surface area contributed by atoms with Crippen molar-refractivity contribution in [1.29, 1.82) is 0 Å². The van der Waals surface area contributed by atoms with Gasteiger partial charge in [-0.3, -0.25) is 9.59 Å². The number of anilines is 1. The van der Waals surface area contributed by atoms with Crippen LogP contribution in [0.1, 0.15) is 30.9 Å². The van der Waals surface area contributed by atoms with Crippen molar-refractivity contribution < 1.29 is 19.1 Å². The summed E-state index contributed by atoms with van der Waals surface area (Å²) in [5.74, 6) is 0.669. The molecule has 0 fully saturated rings. The molecule has 0 saturated carbocycles. The highest BCUT2D eigenvalue weighted by atomic mass is 35.5. The van der Waals surface area contributed by atoms with Crippen LogP contribution < -0.4 is 20.2 Å². The summed E-state index contributed by atoms with van der Waals surface area (Å²) in [7, 11) is 0. The number of hydrogen-bond acceptors (Lipinski definition) is 5. The average molecular weight is 514 g/mol. The molecule has 3 aromatic carbocycles. The second-order valence-electron chi connectivity index (χ2n) is 7.37. The van der Waals surface area contributed by atoms with E-state index in [9.17, 15) is 9.59 Å². The number of amides is 2. The number of carbonyl (C=O) groups is 2. The van der Waals surface area contributed by atoms with Crippen molar-refractivity contribution in [2.45, 2.75) is 26.4 Å². The summed E-state index contributed by atoms with van der Waals surface area (Å²) in [5, 5.41) is 7.66. The second-order valence-corrected chi connectivity index (χ2v) is 8.19. The van der Waals surface area contributed by atoms with Gasteiger partial charge in [0.2, 0.25) is 11.8 Å². The van der Waals surface area contributed by atoms with E-state index in [1.165, 1.54) is 6.21 Å². The van der Waals surface area contributed by atoms with Crippen LogP contribution in [0.5, 0.6) is 11.5 Å². The Kier molecular flexibility index (Phi) is 9.95. The third kappa shape index (κ3) is 8.63. The van der Waals surface area contributed by atoms with Gasteiger partial charge in [0.05, 0.1) is 22.9 Å². The number of nitrogens with zero attached hydrogens (tertiary/aromatic N) is 1. The molecule has 2 N–H and O–H groups in total.